The summed E-state index contributed by atoms with van der Waals surface area (Å²) in [6.45, 7) is 10.9. The molecule has 10 atom stereocenters. The van der Waals surface area contributed by atoms with Crippen molar-refractivity contribution in [1.29, 1.82) is 0 Å². The first-order chi connectivity index (χ1) is 30.0. The van der Waals surface area contributed by atoms with E-state index in [1.54, 1.807) is 0 Å². The van der Waals surface area contributed by atoms with Crippen LogP contribution in [-0.2, 0) is 20.9 Å². The number of allylic oxidation sites excluding steroid dienone is 4. The van der Waals surface area contributed by atoms with Crippen LogP contribution in [0.15, 0.2) is 121 Å². The van der Waals surface area contributed by atoms with Crippen molar-refractivity contribution in [2.24, 2.45) is 44.3 Å². The Kier molecular flexibility index (Phi) is 8.67. The minimum atomic E-state index is -1.34. The quantitative estimate of drug-likeness (QED) is 0.104. The van der Waals surface area contributed by atoms with Crippen molar-refractivity contribution in [3.63, 3.8) is 0 Å². The van der Waals surface area contributed by atoms with Gasteiger partial charge in [-0.2, -0.15) is 0 Å². The fraction of sp³-hybridized carbons (Fsp3) is 0.482. The number of ether oxygens (including phenoxy) is 1. The van der Waals surface area contributed by atoms with Crippen molar-refractivity contribution in [2.45, 2.75) is 116 Å². The van der Waals surface area contributed by atoms with Crippen LogP contribution in [0.25, 0.3) is 21.9 Å². The van der Waals surface area contributed by atoms with Crippen molar-refractivity contribution in [2.75, 3.05) is 6.54 Å². The third-order valence-corrected chi connectivity index (χ3v) is 19.6. The zero-order valence-electron chi connectivity index (χ0n) is 37.5. The van der Waals surface area contributed by atoms with Crippen LogP contribution in [0.5, 0.6) is 0 Å². The number of aliphatic hydroxyl groups excluding tert-OH is 1. The van der Waals surface area contributed by atoms with Crippen molar-refractivity contribution in [3.8, 4) is 11.1 Å². The van der Waals surface area contributed by atoms with Gasteiger partial charge >= 0.3 is 5.97 Å². The van der Waals surface area contributed by atoms with E-state index < -0.39 is 44.4 Å². The molecule has 1 heterocycles. The molecule has 12 rings (SSSR count). The number of fused-ring (bicyclic) bond motifs is 4. The maximum atomic E-state index is 15.6. The Morgan fingerprint density at radius 3 is 2.13 bits per heavy atom. The van der Waals surface area contributed by atoms with Crippen LogP contribution in [0.2, 0.25) is 0 Å². The summed E-state index contributed by atoms with van der Waals surface area (Å²) in [4.78, 5) is 46.4. The van der Waals surface area contributed by atoms with Gasteiger partial charge in [0.1, 0.15) is 0 Å². The molecule has 7 aliphatic carbocycles. The molecule has 1 aliphatic heterocycles. The van der Waals surface area contributed by atoms with Gasteiger partial charge in [0.05, 0.1) is 23.7 Å². The second-order valence-electron chi connectivity index (χ2n) is 22.1. The summed E-state index contributed by atoms with van der Waals surface area (Å²) in [5, 5.41) is 27.0. The van der Waals surface area contributed by atoms with E-state index in [9.17, 15) is 15.0 Å². The molecule has 4 saturated carbocycles. The molecule has 4 aromatic rings. The van der Waals surface area contributed by atoms with E-state index in [0.29, 0.717) is 37.7 Å². The van der Waals surface area contributed by atoms with Gasteiger partial charge in [-0.3, -0.25) is 14.4 Å². The van der Waals surface area contributed by atoms with E-state index in [1.165, 1.54) is 0 Å². The van der Waals surface area contributed by atoms with Crippen molar-refractivity contribution < 1.29 is 29.3 Å². The second kappa shape index (κ2) is 13.4. The fourth-order valence-corrected chi connectivity index (χ4v) is 15.3. The zero-order chi connectivity index (χ0) is 44.0. The molecule has 5 fully saturated rings. The highest BCUT2D eigenvalue weighted by Gasteiger charge is 2.78. The van der Waals surface area contributed by atoms with Crippen LogP contribution < -0.4 is 0 Å². The number of amides is 1. The number of carbonyl (C=O) groups excluding carboxylic acids is 3. The largest absolute Gasteiger partial charge is 0.448 e. The maximum absolute atomic E-state index is 15.6. The Morgan fingerprint density at radius 1 is 0.730 bits per heavy atom. The van der Waals surface area contributed by atoms with Crippen molar-refractivity contribution in [3.05, 3.63) is 132 Å². The molecule has 4 aromatic carbocycles. The van der Waals surface area contributed by atoms with Gasteiger partial charge in [-0.05, 0) is 109 Å². The standard InChI is InChI=1S/C56H61NO6/c1-49(2)52(5)28-31-56(49,63-48(52)61)47(60)57(34-40-16-11-15-38-14-9-10-17-42(38)40)35-54(62)27-24-45-51(54,4)26-23-44-50(3)25-22-41(58)32-53(50)29-30-55(44,45)43(33-53)46(59)39-20-18-37(19-21-39)36-12-7-6-8-13-36/h6-21,29-30,33,41,44-45,58,62H,22-28,31-32,34-35H2,1-5H3/t41?,44-,45-,50-,51+,52+,53+,54-,55-,56-/m1/s1. The lowest BCUT2D eigenvalue weighted by molar-refractivity contribution is -0.187. The molecule has 4 bridgehead atoms. The number of benzene rings is 4. The highest BCUT2D eigenvalue weighted by molar-refractivity contribution is 6.11. The lowest BCUT2D eigenvalue weighted by atomic mass is 9.32. The molecule has 7 heteroatoms. The molecule has 8 aliphatic rings. The number of aliphatic hydroxyl groups is 2. The minimum Gasteiger partial charge on any atom is -0.448 e. The molecule has 0 aromatic heterocycles. The van der Waals surface area contributed by atoms with Gasteiger partial charge in [0.2, 0.25) is 0 Å². The smallest absolute Gasteiger partial charge is 0.313 e. The molecule has 63 heavy (non-hydrogen) atoms. The van der Waals surface area contributed by atoms with Crippen LogP contribution in [0.4, 0.5) is 0 Å². The number of hydrogen-bond acceptors (Lipinski definition) is 6. The molecule has 0 radical (unpaired) electrons. The molecule has 2 spiro atoms. The summed E-state index contributed by atoms with van der Waals surface area (Å²) in [6, 6.07) is 32.6. The number of rotatable bonds is 8. The zero-order valence-corrected chi connectivity index (χ0v) is 37.5. The first-order valence-electron chi connectivity index (χ1n) is 23.5. The molecule has 2 N–H and O–H groups in total. The van der Waals surface area contributed by atoms with Gasteiger partial charge in [0.15, 0.2) is 11.4 Å². The summed E-state index contributed by atoms with van der Waals surface area (Å²) in [5.74, 6) is -0.482. The third kappa shape index (κ3) is 5.13. The molecule has 326 valence electrons. The lowest BCUT2D eigenvalue weighted by Crippen LogP contribution is -2.67. The van der Waals surface area contributed by atoms with E-state index in [2.05, 4.69) is 68.5 Å². The van der Waals surface area contributed by atoms with E-state index >= 15 is 9.59 Å². The summed E-state index contributed by atoms with van der Waals surface area (Å²) in [6.07, 6.45) is 12.5. The molecular formula is C56H61NO6. The number of hydrogen-bond donors (Lipinski definition) is 2. The van der Waals surface area contributed by atoms with E-state index in [4.69, 9.17) is 4.74 Å². The Morgan fingerprint density at radius 2 is 1.40 bits per heavy atom. The number of Topliss-reactive ketones (excluding diaryl/α,β-unsaturated/α-hetero) is 1. The average Bonchev–Trinajstić information content (AvgIpc) is 3.73. The van der Waals surface area contributed by atoms with Crippen LogP contribution in [0, 0.1) is 44.3 Å². The van der Waals surface area contributed by atoms with Gasteiger partial charge < -0.3 is 19.8 Å². The predicted octanol–water partition coefficient (Wildman–Crippen LogP) is 10.4. The highest BCUT2D eigenvalue weighted by atomic mass is 16.6. The van der Waals surface area contributed by atoms with Crippen LogP contribution in [0.3, 0.4) is 0 Å². The number of ketones is 1. The van der Waals surface area contributed by atoms with Crippen molar-refractivity contribution >= 4 is 28.4 Å². The monoisotopic (exact) mass is 843 g/mol. The molecule has 1 unspecified atom stereocenters. The van der Waals surface area contributed by atoms with Crippen molar-refractivity contribution in [1.82, 2.24) is 4.90 Å². The summed E-state index contributed by atoms with van der Waals surface area (Å²) < 4.78 is 6.27. The van der Waals surface area contributed by atoms with Gasteiger partial charge in [-0.1, -0.05) is 143 Å². The maximum Gasteiger partial charge on any atom is 0.313 e. The normalized spacial score (nSPS) is 39.0. The molecule has 1 amide bonds. The fourth-order valence-electron chi connectivity index (χ4n) is 15.3. The number of nitrogens with zero attached hydrogens (tertiary/aromatic N) is 1. The predicted molar refractivity (Wildman–Crippen MR) is 244 cm³/mol. The van der Waals surface area contributed by atoms with Gasteiger partial charge in [-0.15, -0.1) is 0 Å². The summed E-state index contributed by atoms with van der Waals surface area (Å²) in [7, 11) is 0. The number of carbonyl (C=O) groups is 3. The van der Waals surface area contributed by atoms with E-state index in [1.807, 2.05) is 86.3 Å². The molecule has 7 nitrogen and oxygen atoms in total. The SMILES string of the molecule is CC1(C)[C@@]2(C)CC[C@]1(C(=O)N(Cc1cccc3ccccc13)C[C@]1(O)CC[C@H]3[C@]45C=C[C@@]6(C=C4C(=O)c4ccc(-c7ccccc7)cc4)CC(O)CC[C@]6(C)[C@H]5CC[C@@]31C)OC2=O. The van der Waals surface area contributed by atoms with E-state index in [-0.39, 0.29) is 48.0 Å². The van der Waals surface area contributed by atoms with E-state index in [0.717, 1.165) is 58.7 Å². The Labute approximate surface area is 371 Å². The topological polar surface area (TPSA) is 104 Å². The number of esters is 1. The highest BCUT2D eigenvalue weighted by Crippen LogP contribution is 2.78. The Balaban J connectivity index is 1.00. The van der Waals surface area contributed by atoms with Crippen LogP contribution in [0.1, 0.15) is 108 Å². The summed E-state index contributed by atoms with van der Waals surface area (Å²) in [5.41, 5.74) is -1.55. The van der Waals surface area contributed by atoms with Gasteiger partial charge in [-0.25, -0.2) is 0 Å². The molecular weight excluding hydrogens is 783 g/mol. The Hall–Kier alpha value is -4.85. The first-order valence-corrected chi connectivity index (χ1v) is 23.5. The van der Waals surface area contributed by atoms with Crippen LogP contribution in [-0.4, -0.2) is 56.6 Å². The van der Waals surface area contributed by atoms with Gasteiger partial charge in [0.25, 0.3) is 5.91 Å². The summed E-state index contributed by atoms with van der Waals surface area (Å²) >= 11 is 0. The first kappa shape index (κ1) is 40.9. The average molecular weight is 844 g/mol. The second-order valence-corrected chi connectivity index (χ2v) is 22.1. The van der Waals surface area contributed by atoms with Crippen LogP contribution >= 0.6 is 0 Å². The minimum absolute atomic E-state index is 0.0200. The molecule has 1 saturated heterocycles. The van der Waals surface area contributed by atoms with Gasteiger partial charge in [0, 0.05) is 39.3 Å². The lowest BCUT2D eigenvalue weighted by Gasteiger charge is -2.71. The third-order valence-electron chi connectivity index (χ3n) is 19.6. The Bertz CT molecular complexity index is 2640.